The Bertz CT molecular complexity index is 845. The molecule has 1 aromatic carbocycles. The molecule has 0 aliphatic carbocycles. The van der Waals surface area contributed by atoms with Gasteiger partial charge in [0.05, 0.1) is 6.20 Å². The van der Waals surface area contributed by atoms with Crippen LogP contribution in [0.4, 0.5) is 0 Å². The lowest BCUT2D eigenvalue weighted by Crippen LogP contribution is -2.54. The summed E-state index contributed by atoms with van der Waals surface area (Å²) in [5.74, 6) is 1.02. The van der Waals surface area contributed by atoms with Gasteiger partial charge in [-0.15, -0.1) is 11.3 Å². The number of carbonyl (C=O) groups is 2. The number of ether oxygens (including phenoxy) is 2. The predicted octanol–water partition coefficient (Wildman–Crippen LogP) is 2.23. The Morgan fingerprint density at radius 3 is 2.88 bits per heavy atom. The minimum atomic E-state index is -1.19. The molecule has 1 saturated heterocycles. The highest BCUT2D eigenvalue weighted by molar-refractivity contribution is 7.99. The smallest absolute Gasteiger partial charge is 0.330 e. The van der Waals surface area contributed by atoms with E-state index in [1.807, 2.05) is 12.1 Å². The van der Waals surface area contributed by atoms with Gasteiger partial charge in [-0.1, -0.05) is 0 Å². The summed E-state index contributed by atoms with van der Waals surface area (Å²) in [6, 6.07) is 5.46. The van der Waals surface area contributed by atoms with E-state index in [4.69, 9.17) is 9.47 Å². The highest BCUT2D eigenvalue weighted by atomic mass is 32.2. The average Bonchev–Trinajstić information content (AvgIpc) is 3.34. The Morgan fingerprint density at radius 2 is 2.12 bits per heavy atom. The Morgan fingerprint density at radius 1 is 1.28 bits per heavy atom. The number of rotatable bonds is 4. The third-order valence-corrected chi connectivity index (χ3v) is 6.37. The summed E-state index contributed by atoms with van der Waals surface area (Å²) in [6.45, 7) is 0.194. The van der Waals surface area contributed by atoms with E-state index in [2.05, 4.69) is 10.3 Å². The molecule has 0 bridgehead atoms. The van der Waals surface area contributed by atoms with Crippen molar-refractivity contribution in [3.05, 3.63) is 29.3 Å². The van der Waals surface area contributed by atoms with E-state index >= 15 is 0 Å². The van der Waals surface area contributed by atoms with Crippen LogP contribution in [0, 0.1) is 0 Å². The van der Waals surface area contributed by atoms with Gasteiger partial charge in [0, 0.05) is 11.3 Å². The second-order valence-corrected chi connectivity index (χ2v) is 7.88. The van der Waals surface area contributed by atoms with Gasteiger partial charge in [0.2, 0.25) is 6.79 Å². The normalized spacial score (nSPS) is 21.3. The van der Waals surface area contributed by atoms with E-state index in [1.165, 1.54) is 29.3 Å². The maximum Gasteiger partial charge on any atom is 0.330 e. The lowest BCUT2D eigenvalue weighted by atomic mass is 9.99. The number of nitrogens with one attached hydrogen (secondary N) is 1. The fraction of sp³-hybridized carbons (Fsp3) is 0.312. The number of hydrogen-bond donors (Lipinski definition) is 2. The second-order valence-electron chi connectivity index (χ2n) is 5.74. The van der Waals surface area contributed by atoms with Gasteiger partial charge in [0.1, 0.15) is 15.4 Å². The fourth-order valence-corrected chi connectivity index (χ4v) is 4.84. The van der Waals surface area contributed by atoms with Crippen molar-refractivity contribution in [2.24, 2.45) is 0 Å². The summed E-state index contributed by atoms with van der Waals surface area (Å²) >= 11 is 2.74. The Kier molecular flexibility index (Phi) is 4.04. The van der Waals surface area contributed by atoms with Crippen molar-refractivity contribution in [2.75, 3.05) is 18.3 Å². The molecule has 2 N–H and O–H groups in total. The van der Waals surface area contributed by atoms with E-state index in [0.29, 0.717) is 33.6 Å². The Labute approximate surface area is 151 Å². The number of fused-ring (bicyclic) bond motifs is 1. The van der Waals surface area contributed by atoms with Gasteiger partial charge in [0.15, 0.2) is 11.5 Å². The van der Waals surface area contributed by atoms with Crippen LogP contribution < -0.4 is 14.8 Å². The lowest BCUT2D eigenvalue weighted by Gasteiger charge is -2.23. The quantitative estimate of drug-likeness (QED) is 0.842. The van der Waals surface area contributed by atoms with Gasteiger partial charge in [-0.05, 0) is 30.4 Å². The summed E-state index contributed by atoms with van der Waals surface area (Å²) in [5.41, 5.74) is -0.373. The molecular formula is C16H14N2O5S2. The van der Waals surface area contributed by atoms with Crippen LogP contribution in [-0.4, -0.2) is 45.8 Å². The van der Waals surface area contributed by atoms with E-state index in [1.54, 1.807) is 6.07 Å². The van der Waals surface area contributed by atoms with E-state index in [-0.39, 0.29) is 6.79 Å². The number of carboxylic acid groups (broad SMARTS) is 1. The van der Waals surface area contributed by atoms with Crippen LogP contribution in [-0.2, 0) is 4.79 Å². The highest BCUT2D eigenvalue weighted by Gasteiger charge is 2.43. The van der Waals surface area contributed by atoms with Crippen molar-refractivity contribution in [2.45, 2.75) is 12.0 Å². The van der Waals surface area contributed by atoms with Crippen LogP contribution in [0.5, 0.6) is 11.5 Å². The number of thioether (sulfide) groups is 1. The molecule has 0 spiro atoms. The molecule has 3 heterocycles. The molecule has 1 atom stereocenters. The largest absolute Gasteiger partial charge is 0.479 e. The summed E-state index contributed by atoms with van der Waals surface area (Å²) in [4.78, 5) is 28.7. The van der Waals surface area contributed by atoms with Crippen molar-refractivity contribution in [3.63, 3.8) is 0 Å². The zero-order valence-corrected chi connectivity index (χ0v) is 14.6. The first-order valence-electron chi connectivity index (χ1n) is 7.57. The summed E-state index contributed by atoms with van der Waals surface area (Å²) in [5, 5.41) is 12.8. The number of benzene rings is 1. The molecule has 0 radical (unpaired) electrons. The van der Waals surface area contributed by atoms with Crippen LogP contribution in [0.25, 0.3) is 10.6 Å². The first-order chi connectivity index (χ1) is 12.1. The molecule has 1 aromatic heterocycles. The van der Waals surface area contributed by atoms with Crippen LogP contribution in [0.3, 0.4) is 0 Å². The monoisotopic (exact) mass is 378 g/mol. The predicted molar refractivity (Wildman–Crippen MR) is 93.4 cm³/mol. The molecule has 9 heteroatoms. The van der Waals surface area contributed by atoms with Crippen LogP contribution in [0.1, 0.15) is 16.1 Å². The number of hydrogen-bond acceptors (Lipinski definition) is 7. The highest BCUT2D eigenvalue weighted by Crippen LogP contribution is 2.37. The van der Waals surface area contributed by atoms with Crippen molar-refractivity contribution < 1.29 is 24.2 Å². The summed E-state index contributed by atoms with van der Waals surface area (Å²) < 4.78 is 10.6. The molecule has 2 aliphatic rings. The maximum atomic E-state index is 12.5. The number of carboxylic acids is 1. The first-order valence-corrected chi connectivity index (χ1v) is 9.54. The second kappa shape index (κ2) is 6.23. The van der Waals surface area contributed by atoms with E-state index in [9.17, 15) is 14.7 Å². The van der Waals surface area contributed by atoms with Crippen molar-refractivity contribution in [1.29, 1.82) is 0 Å². The molecule has 130 valence electrons. The minimum Gasteiger partial charge on any atom is -0.479 e. The van der Waals surface area contributed by atoms with Gasteiger partial charge in [-0.2, -0.15) is 11.8 Å². The maximum absolute atomic E-state index is 12.5. The number of aromatic nitrogens is 1. The van der Waals surface area contributed by atoms with Gasteiger partial charge in [-0.3, -0.25) is 4.79 Å². The van der Waals surface area contributed by atoms with Crippen molar-refractivity contribution in [3.8, 4) is 22.1 Å². The fourth-order valence-electron chi connectivity index (χ4n) is 2.71. The van der Waals surface area contributed by atoms with Crippen LogP contribution in [0.2, 0.25) is 0 Å². The first kappa shape index (κ1) is 16.2. The number of carbonyl (C=O) groups excluding carboxylic acids is 1. The third kappa shape index (κ3) is 2.93. The lowest BCUT2D eigenvalue weighted by molar-refractivity contribution is -0.143. The Balaban J connectivity index is 1.55. The Hall–Kier alpha value is -2.26. The molecule has 25 heavy (non-hydrogen) atoms. The molecule has 0 saturated carbocycles. The molecule has 4 rings (SSSR count). The molecule has 1 amide bonds. The standard InChI is InChI=1S/C16H14N2O5S2/c19-13(18-16(15(20)21)3-4-24-7-16)12-6-17-14(25-12)9-1-2-10-11(5-9)23-8-22-10/h1-2,5-6H,3-4,7-8H2,(H,18,19)(H,20,21). The van der Waals surface area contributed by atoms with Gasteiger partial charge >= 0.3 is 5.97 Å². The summed E-state index contributed by atoms with van der Waals surface area (Å²) in [7, 11) is 0. The molecular weight excluding hydrogens is 364 g/mol. The van der Waals surface area contributed by atoms with Gasteiger partial charge in [0.25, 0.3) is 5.91 Å². The number of thiazole rings is 1. The third-order valence-electron chi connectivity index (χ3n) is 4.13. The average molecular weight is 378 g/mol. The minimum absolute atomic E-state index is 0.194. The van der Waals surface area contributed by atoms with Crippen molar-refractivity contribution in [1.82, 2.24) is 10.3 Å². The zero-order valence-electron chi connectivity index (χ0n) is 13.0. The topological polar surface area (TPSA) is 97.8 Å². The molecule has 2 aromatic rings. The van der Waals surface area contributed by atoms with Crippen molar-refractivity contribution >= 4 is 35.0 Å². The molecule has 1 unspecified atom stereocenters. The van der Waals surface area contributed by atoms with Gasteiger partial charge in [-0.25, -0.2) is 9.78 Å². The molecule has 7 nitrogen and oxygen atoms in total. The van der Waals surface area contributed by atoms with Gasteiger partial charge < -0.3 is 19.9 Å². The molecule has 2 aliphatic heterocycles. The van der Waals surface area contributed by atoms with Crippen LogP contribution >= 0.6 is 23.1 Å². The van der Waals surface area contributed by atoms with Crippen LogP contribution in [0.15, 0.2) is 24.4 Å². The number of amides is 1. The number of nitrogens with zero attached hydrogens (tertiary/aromatic N) is 1. The molecule has 1 fully saturated rings. The van der Waals surface area contributed by atoms with E-state index < -0.39 is 17.4 Å². The zero-order chi connectivity index (χ0) is 17.4. The summed E-state index contributed by atoms with van der Waals surface area (Å²) in [6.07, 6.45) is 1.89. The van der Waals surface area contributed by atoms with E-state index in [0.717, 1.165) is 11.3 Å². The SMILES string of the molecule is O=C(NC1(C(=O)O)CCSC1)c1cnc(-c2ccc3c(c2)OCO3)s1. The number of aliphatic carboxylic acids is 1.